The maximum atomic E-state index is 14.3. The lowest BCUT2D eigenvalue weighted by Crippen LogP contribution is -2.49. The molecule has 8 N–H and O–H groups in total. The van der Waals surface area contributed by atoms with E-state index in [1.165, 1.54) is 9.80 Å². The van der Waals surface area contributed by atoms with E-state index in [9.17, 15) is 33.6 Å². The molecule has 0 aliphatic carbocycles. The van der Waals surface area contributed by atoms with Crippen molar-refractivity contribution in [1.29, 1.82) is 0 Å². The molecule has 0 radical (unpaired) electrons. The summed E-state index contributed by atoms with van der Waals surface area (Å²) in [5.41, 5.74) is 12.8. The number of hydrogen-bond acceptors (Lipinski definition) is 11. The average molecular weight is 833 g/mol. The average Bonchev–Trinajstić information content (AvgIpc) is 3.22. The predicted octanol–water partition coefficient (Wildman–Crippen LogP) is 1.86. The highest BCUT2D eigenvalue weighted by Crippen LogP contribution is 2.20. The number of carbonyl (C=O) groups excluding carboxylic acids is 7. The van der Waals surface area contributed by atoms with Crippen molar-refractivity contribution in [3.05, 3.63) is 96.1 Å². The van der Waals surface area contributed by atoms with Crippen LogP contribution < -0.4 is 32.7 Å². The number of hydrogen-bond donors (Lipinski definition) is 7. The first-order chi connectivity index (χ1) is 28.4. The number of pyridine rings is 2. The fourth-order valence-corrected chi connectivity index (χ4v) is 6.38. The Kier molecular flexibility index (Phi) is 21.7. The molecular weight excluding hydrogens is 777 g/mol. The number of thiol groups is 1. The SMILES string of the molecule is NC(=O)NCCCC(CC(=O)C(CCCNC(N)=O)NC(=O)CN(Cc1ccccc1)C(=O)CNCc1cccnc1)C(=O)N(CC(=O)CCCS)Cc1cccnc1. The number of Topliss-reactive ketones (excluding diaryl/α,β-unsaturated/α-hetero) is 2. The Balaban J connectivity index is 1.84. The first-order valence-electron chi connectivity index (χ1n) is 19.5. The van der Waals surface area contributed by atoms with E-state index in [1.807, 2.05) is 36.4 Å². The van der Waals surface area contributed by atoms with Gasteiger partial charge in [-0.15, -0.1) is 0 Å². The van der Waals surface area contributed by atoms with Crippen LogP contribution in [0.5, 0.6) is 0 Å². The van der Waals surface area contributed by atoms with Gasteiger partial charge in [0.2, 0.25) is 17.7 Å². The smallest absolute Gasteiger partial charge is 0.312 e. The molecule has 2 atom stereocenters. The Hall–Kier alpha value is -5.88. The van der Waals surface area contributed by atoms with Crippen molar-refractivity contribution >= 4 is 54.0 Å². The lowest BCUT2D eigenvalue weighted by atomic mass is 9.91. The minimum absolute atomic E-state index is 0.0604. The molecule has 0 aliphatic heterocycles. The number of nitrogens with two attached hydrogens (primary N) is 2. The van der Waals surface area contributed by atoms with E-state index in [2.05, 4.69) is 43.9 Å². The van der Waals surface area contributed by atoms with E-state index in [-0.39, 0.29) is 96.0 Å². The lowest BCUT2D eigenvalue weighted by molar-refractivity contribution is -0.142. The Morgan fingerprint density at radius 2 is 1.32 bits per heavy atom. The monoisotopic (exact) mass is 832 g/mol. The summed E-state index contributed by atoms with van der Waals surface area (Å²) < 4.78 is 0. The fraction of sp³-hybridized carbons (Fsp3) is 0.439. The summed E-state index contributed by atoms with van der Waals surface area (Å²) in [5.74, 6) is -2.52. The molecule has 0 saturated heterocycles. The van der Waals surface area contributed by atoms with E-state index in [0.29, 0.717) is 24.3 Å². The summed E-state index contributed by atoms with van der Waals surface area (Å²) in [7, 11) is 0. The molecule has 3 aromatic rings. The molecule has 0 fully saturated rings. The number of carbonyl (C=O) groups is 7. The molecule has 59 heavy (non-hydrogen) atoms. The molecule has 2 heterocycles. The molecule has 318 valence electrons. The molecular formula is C41H56N10O7S. The van der Waals surface area contributed by atoms with Gasteiger partial charge in [0, 0.05) is 76.3 Å². The number of urea groups is 2. The highest BCUT2D eigenvalue weighted by atomic mass is 32.1. The van der Waals surface area contributed by atoms with Crippen LogP contribution in [0.2, 0.25) is 0 Å². The standard InChI is InChI=1S/C41H56N10O7S/c42-40(57)47-18-6-13-33(39(56)51(28-34(52)14-8-20-59)27-32-12-5-17-45-24-32)21-36(53)35(15-7-19-48-41(43)58)49-37(54)29-50(26-30-9-2-1-3-10-30)38(55)25-46-23-31-11-4-16-44-22-31/h1-5,9-12,16-17,22,24,33,35,46,59H,6-8,13-15,18-21,23,25-29H2,(H,49,54)(H3,42,47,57)(H3,43,48,58). The van der Waals surface area contributed by atoms with E-state index < -0.39 is 41.6 Å². The van der Waals surface area contributed by atoms with Gasteiger partial charge in [0.15, 0.2) is 11.6 Å². The summed E-state index contributed by atoms with van der Waals surface area (Å²) in [6.45, 7) is 0.166. The van der Waals surface area contributed by atoms with Crippen molar-refractivity contribution in [3.8, 4) is 0 Å². The van der Waals surface area contributed by atoms with Gasteiger partial charge in [-0.2, -0.15) is 12.6 Å². The van der Waals surface area contributed by atoms with Gasteiger partial charge < -0.3 is 42.5 Å². The number of nitrogens with one attached hydrogen (secondary N) is 4. The fourth-order valence-electron chi connectivity index (χ4n) is 6.22. The molecule has 2 unspecified atom stereocenters. The van der Waals surface area contributed by atoms with Crippen molar-refractivity contribution < 1.29 is 33.6 Å². The Morgan fingerprint density at radius 1 is 0.712 bits per heavy atom. The normalized spacial score (nSPS) is 11.7. The zero-order valence-electron chi connectivity index (χ0n) is 33.2. The molecule has 7 amide bonds. The number of ketones is 2. The number of aromatic nitrogens is 2. The maximum absolute atomic E-state index is 14.3. The number of nitrogens with zero attached hydrogens (tertiary/aromatic N) is 4. The molecule has 1 aromatic carbocycles. The number of rotatable bonds is 28. The maximum Gasteiger partial charge on any atom is 0.312 e. The molecule has 0 aliphatic rings. The van der Waals surface area contributed by atoms with E-state index in [0.717, 1.165) is 11.1 Å². The van der Waals surface area contributed by atoms with Gasteiger partial charge in [0.05, 0.1) is 25.7 Å². The van der Waals surface area contributed by atoms with Gasteiger partial charge in [0.1, 0.15) is 0 Å². The van der Waals surface area contributed by atoms with Crippen LogP contribution in [0.4, 0.5) is 9.59 Å². The first kappa shape index (κ1) is 47.5. The molecule has 0 saturated carbocycles. The molecule has 18 heteroatoms. The summed E-state index contributed by atoms with van der Waals surface area (Å²) in [4.78, 5) is 103. The zero-order chi connectivity index (χ0) is 42.8. The molecule has 0 bridgehead atoms. The minimum atomic E-state index is -1.11. The van der Waals surface area contributed by atoms with Crippen molar-refractivity contribution in [2.45, 2.75) is 70.6 Å². The number of amides is 7. The topological polar surface area (TPSA) is 252 Å². The van der Waals surface area contributed by atoms with Crippen molar-refractivity contribution in [3.63, 3.8) is 0 Å². The van der Waals surface area contributed by atoms with E-state index in [1.54, 1.807) is 43.0 Å². The highest BCUT2D eigenvalue weighted by Gasteiger charge is 2.31. The summed E-state index contributed by atoms with van der Waals surface area (Å²) in [5, 5.41) is 10.8. The third-order valence-corrected chi connectivity index (χ3v) is 9.45. The second kappa shape index (κ2) is 26.9. The lowest BCUT2D eigenvalue weighted by Gasteiger charge is -2.28. The van der Waals surface area contributed by atoms with Gasteiger partial charge in [0.25, 0.3) is 0 Å². The van der Waals surface area contributed by atoms with Crippen LogP contribution in [0.3, 0.4) is 0 Å². The Bertz CT molecular complexity index is 1790. The van der Waals surface area contributed by atoms with Crippen LogP contribution in [0.1, 0.15) is 61.6 Å². The highest BCUT2D eigenvalue weighted by molar-refractivity contribution is 7.80. The quantitative estimate of drug-likeness (QED) is 0.0413. The van der Waals surface area contributed by atoms with Crippen LogP contribution >= 0.6 is 12.6 Å². The number of primary amides is 2. The first-order valence-corrected chi connectivity index (χ1v) is 20.2. The predicted molar refractivity (Wildman–Crippen MR) is 224 cm³/mol. The Morgan fingerprint density at radius 3 is 1.93 bits per heavy atom. The molecule has 17 nitrogen and oxygen atoms in total. The second-order valence-electron chi connectivity index (χ2n) is 14.0. The third-order valence-electron chi connectivity index (χ3n) is 9.14. The van der Waals surface area contributed by atoms with Crippen molar-refractivity contribution in [2.24, 2.45) is 17.4 Å². The number of benzene rings is 1. The molecule has 3 rings (SSSR count). The van der Waals surface area contributed by atoms with Crippen molar-refractivity contribution in [1.82, 2.24) is 41.0 Å². The van der Waals surface area contributed by atoms with E-state index >= 15 is 0 Å². The van der Waals surface area contributed by atoms with Gasteiger partial charge >= 0.3 is 12.1 Å². The van der Waals surface area contributed by atoms with Gasteiger partial charge in [-0.3, -0.25) is 33.9 Å². The van der Waals surface area contributed by atoms with Crippen molar-refractivity contribution in [2.75, 3.05) is 38.5 Å². The Labute approximate surface area is 350 Å². The van der Waals surface area contributed by atoms with Gasteiger partial charge in [-0.25, -0.2) is 9.59 Å². The summed E-state index contributed by atoms with van der Waals surface area (Å²) >= 11 is 4.20. The largest absolute Gasteiger partial charge is 0.352 e. The van der Waals surface area contributed by atoms with Crippen LogP contribution in [-0.4, -0.2) is 106 Å². The van der Waals surface area contributed by atoms with Crippen LogP contribution in [0.25, 0.3) is 0 Å². The summed E-state index contributed by atoms with van der Waals surface area (Å²) in [6, 6.07) is 13.7. The van der Waals surface area contributed by atoms with Crippen LogP contribution in [0, 0.1) is 5.92 Å². The third kappa shape index (κ3) is 19.4. The van der Waals surface area contributed by atoms with Crippen LogP contribution in [-0.2, 0) is 43.6 Å². The minimum Gasteiger partial charge on any atom is -0.352 e. The zero-order valence-corrected chi connectivity index (χ0v) is 34.1. The summed E-state index contributed by atoms with van der Waals surface area (Å²) in [6.07, 6.45) is 7.69. The van der Waals surface area contributed by atoms with E-state index in [4.69, 9.17) is 11.5 Å². The van der Waals surface area contributed by atoms with Crippen LogP contribution in [0.15, 0.2) is 79.4 Å². The van der Waals surface area contributed by atoms with Gasteiger partial charge in [-0.05, 0) is 66.7 Å². The second-order valence-corrected chi connectivity index (χ2v) is 14.4. The molecule has 2 aromatic heterocycles. The van der Waals surface area contributed by atoms with Gasteiger partial charge in [-0.1, -0.05) is 42.5 Å². The molecule has 0 spiro atoms.